The summed E-state index contributed by atoms with van der Waals surface area (Å²) in [7, 11) is 0. The molecule has 0 amide bonds. The van der Waals surface area contributed by atoms with Gasteiger partial charge in [-0.05, 0) is 38.6 Å². The second-order valence-electron chi connectivity index (χ2n) is 4.90. The molecule has 0 fully saturated rings. The lowest BCUT2D eigenvalue weighted by Gasteiger charge is -2.21. The van der Waals surface area contributed by atoms with Crippen LogP contribution in [-0.4, -0.2) is 48.6 Å². The number of ether oxygens (including phenoxy) is 1. The number of pyridine rings is 1. The van der Waals surface area contributed by atoms with E-state index in [0.29, 0.717) is 6.61 Å². The Labute approximate surface area is 127 Å². The minimum atomic E-state index is -0.450. The predicted octanol–water partition coefficient (Wildman–Crippen LogP) is 1.93. The highest BCUT2D eigenvalue weighted by Crippen LogP contribution is 2.14. The lowest BCUT2D eigenvalue weighted by Crippen LogP contribution is -2.37. The minimum Gasteiger partial charge on any atom is -0.465 e. The molecule has 0 saturated carbocycles. The maximum absolute atomic E-state index is 12.1. The average molecular weight is 293 g/mol. The Kier molecular flexibility index (Phi) is 7.93. The molecule has 1 atom stereocenters. The fourth-order valence-electron chi connectivity index (χ4n) is 2.12. The van der Waals surface area contributed by atoms with E-state index < -0.39 is 6.04 Å². The van der Waals surface area contributed by atoms with Crippen molar-refractivity contribution in [3.63, 3.8) is 0 Å². The number of aromatic nitrogens is 1. The first-order valence-electron chi connectivity index (χ1n) is 7.67. The summed E-state index contributed by atoms with van der Waals surface area (Å²) in [4.78, 5) is 18.7. The minimum absolute atomic E-state index is 0.247. The topological polar surface area (TPSA) is 54.5 Å². The molecule has 0 aliphatic heterocycles. The molecule has 1 aromatic heterocycles. The van der Waals surface area contributed by atoms with Gasteiger partial charge in [0.1, 0.15) is 6.04 Å². The summed E-state index contributed by atoms with van der Waals surface area (Å²) in [5, 5.41) is 3.28. The molecule has 0 spiro atoms. The third-order valence-electron chi connectivity index (χ3n) is 3.46. The number of nitrogens with zero attached hydrogens (tertiary/aromatic N) is 2. The highest BCUT2D eigenvalue weighted by Gasteiger charge is 2.21. The van der Waals surface area contributed by atoms with Crippen LogP contribution >= 0.6 is 0 Å². The molecule has 0 radical (unpaired) electrons. The molecular formula is C16H27N3O2. The molecule has 1 aromatic rings. The smallest absolute Gasteiger partial charge is 0.327 e. The van der Waals surface area contributed by atoms with Crippen LogP contribution in [0.15, 0.2) is 18.3 Å². The van der Waals surface area contributed by atoms with Crippen molar-refractivity contribution in [1.29, 1.82) is 0 Å². The van der Waals surface area contributed by atoms with E-state index in [2.05, 4.69) is 29.0 Å². The van der Waals surface area contributed by atoms with Crippen LogP contribution in [-0.2, 0) is 9.53 Å². The molecule has 0 saturated heterocycles. The molecule has 5 nitrogen and oxygen atoms in total. The van der Waals surface area contributed by atoms with Gasteiger partial charge in [0.05, 0.1) is 6.61 Å². The summed E-state index contributed by atoms with van der Waals surface area (Å²) < 4.78 is 5.16. The number of likely N-dealkylation sites (N-methyl/N-ethyl adjacent to an activating group) is 1. The summed E-state index contributed by atoms with van der Waals surface area (Å²) in [6, 6.07) is 3.38. The summed E-state index contributed by atoms with van der Waals surface area (Å²) in [5.41, 5.74) is 1.78. The van der Waals surface area contributed by atoms with Gasteiger partial charge in [-0.25, -0.2) is 4.79 Å². The van der Waals surface area contributed by atoms with Crippen molar-refractivity contribution in [3.8, 4) is 0 Å². The van der Waals surface area contributed by atoms with Gasteiger partial charge in [-0.1, -0.05) is 19.9 Å². The van der Waals surface area contributed by atoms with E-state index in [1.807, 2.05) is 26.0 Å². The molecule has 0 aromatic carbocycles. The van der Waals surface area contributed by atoms with Crippen LogP contribution in [0.2, 0.25) is 0 Å². The lowest BCUT2D eigenvalue weighted by atomic mass is 10.1. The Balaban J connectivity index is 2.69. The standard InChI is InChI=1S/C16H27N3O2/c1-5-19(6-2)11-10-17-15(16(20)21-7-3)14-9-8-13(4)18-12-14/h8-9,12,15,17H,5-7,10-11H2,1-4H3. The van der Waals surface area contributed by atoms with Crippen LogP contribution in [0.3, 0.4) is 0 Å². The van der Waals surface area contributed by atoms with E-state index in [1.54, 1.807) is 6.20 Å². The van der Waals surface area contributed by atoms with E-state index in [0.717, 1.165) is 37.4 Å². The molecule has 5 heteroatoms. The fourth-order valence-corrected chi connectivity index (χ4v) is 2.12. The number of esters is 1. The van der Waals surface area contributed by atoms with E-state index in [4.69, 9.17) is 4.74 Å². The molecular weight excluding hydrogens is 266 g/mol. The summed E-state index contributed by atoms with van der Waals surface area (Å²) in [6.07, 6.45) is 1.74. The number of carbonyl (C=O) groups excluding carboxylic acids is 1. The zero-order valence-corrected chi connectivity index (χ0v) is 13.6. The van der Waals surface area contributed by atoms with Gasteiger partial charge in [-0.3, -0.25) is 10.3 Å². The van der Waals surface area contributed by atoms with E-state index in [-0.39, 0.29) is 5.97 Å². The quantitative estimate of drug-likeness (QED) is 0.705. The van der Waals surface area contributed by atoms with Crippen molar-refractivity contribution >= 4 is 5.97 Å². The Hall–Kier alpha value is -1.46. The third-order valence-corrected chi connectivity index (χ3v) is 3.46. The van der Waals surface area contributed by atoms with Crippen LogP contribution in [0.25, 0.3) is 0 Å². The first kappa shape index (κ1) is 17.6. The van der Waals surface area contributed by atoms with E-state index in [9.17, 15) is 4.79 Å². The number of nitrogens with one attached hydrogen (secondary N) is 1. The monoisotopic (exact) mass is 293 g/mol. The molecule has 21 heavy (non-hydrogen) atoms. The molecule has 0 aliphatic carbocycles. The fraction of sp³-hybridized carbons (Fsp3) is 0.625. The molecule has 118 valence electrons. The SMILES string of the molecule is CCOC(=O)C(NCCN(CC)CC)c1ccc(C)nc1. The Morgan fingerprint density at radius 1 is 1.33 bits per heavy atom. The van der Waals surface area contributed by atoms with E-state index >= 15 is 0 Å². The molecule has 1 heterocycles. The van der Waals surface area contributed by atoms with Crippen molar-refractivity contribution in [2.75, 3.05) is 32.8 Å². The van der Waals surface area contributed by atoms with Gasteiger partial charge in [0.25, 0.3) is 0 Å². The maximum atomic E-state index is 12.1. The number of hydrogen-bond donors (Lipinski definition) is 1. The first-order chi connectivity index (χ1) is 10.1. The van der Waals surface area contributed by atoms with Gasteiger partial charge in [-0.15, -0.1) is 0 Å². The normalized spacial score (nSPS) is 12.4. The Morgan fingerprint density at radius 2 is 2.05 bits per heavy atom. The maximum Gasteiger partial charge on any atom is 0.327 e. The van der Waals surface area contributed by atoms with Gasteiger partial charge in [0, 0.05) is 25.0 Å². The summed E-state index contributed by atoms with van der Waals surface area (Å²) in [6.45, 7) is 12.1. The second kappa shape index (κ2) is 9.47. The zero-order valence-electron chi connectivity index (χ0n) is 13.6. The number of carbonyl (C=O) groups is 1. The summed E-state index contributed by atoms with van der Waals surface area (Å²) >= 11 is 0. The number of aryl methyl sites for hydroxylation is 1. The number of rotatable bonds is 9. The lowest BCUT2D eigenvalue weighted by molar-refractivity contribution is -0.145. The average Bonchev–Trinajstić information content (AvgIpc) is 2.49. The Morgan fingerprint density at radius 3 is 2.57 bits per heavy atom. The highest BCUT2D eigenvalue weighted by molar-refractivity contribution is 5.77. The van der Waals surface area contributed by atoms with Gasteiger partial charge >= 0.3 is 5.97 Å². The van der Waals surface area contributed by atoms with Gasteiger partial charge < -0.3 is 9.64 Å². The van der Waals surface area contributed by atoms with Crippen molar-refractivity contribution < 1.29 is 9.53 Å². The van der Waals surface area contributed by atoms with Crippen molar-refractivity contribution in [3.05, 3.63) is 29.6 Å². The van der Waals surface area contributed by atoms with Gasteiger partial charge in [0.15, 0.2) is 0 Å². The van der Waals surface area contributed by atoms with Crippen molar-refractivity contribution in [2.45, 2.75) is 33.7 Å². The molecule has 1 rings (SSSR count). The molecule has 1 unspecified atom stereocenters. The predicted molar refractivity (Wildman–Crippen MR) is 84.1 cm³/mol. The van der Waals surface area contributed by atoms with Crippen molar-refractivity contribution in [1.82, 2.24) is 15.2 Å². The largest absolute Gasteiger partial charge is 0.465 e. The van der Waals surface area contributed by atoms with Gasteiger partial charge in [0.2, 0.25) is 0 Å². The number of hydrogen-bond acceptors (Lipinski definition) is 5. The zero-order chi connectivity index (χ0) is 15.7. The molecule has 0 aliphatic rings. The van der Waals surface area contributed by atoms with Crippen LogP contribution in [0, 0.1) is 6.92 Å². The van der Waals surface area contributed by atoms with Crippen LogP contribution in [0.1, 0.15) is 38.1 Å². The molecule has 1 N–H and O–H groups in total. The van der Waals surface area contributed by atoms with Crippen LogP contribution < -0.4 is 5.32 Å². The van der Waals surface area contributed by atoms with E-state index in [1.165, 1.54) is 0 Å². The molecule has 0 bridgehead atoms. The van der Waals surface area contributed by atoms with Crippen LogP contribution in [0.4, 0.5) is 0 Å². The highest BCUT2D eigenvalue weighted by atomic mass is 16.5. The first-order valence-corrected chi connectivity index (χ1v) is 7.67. The Bertz CT molecular complexity index is 416. The summed E-state index contributed by atoms with van der Waals surface area (Å²) in [5.74, 6) is -0.247. The van der Waals surface area contributed by atoms with Gasteiger partial charge in [-0.2, -0.15) is 0 Å². The third kappa shape index (κ3) is 5.81. The van der Waals surface area contributed by atoms with Crippen molar-refractivity contribution in [2.24, 2.45) is 0 Å². The second-order valence-corrected chi connectivity index (χ2v) is 4.90. The van der Waals surface area contributed by atoms with Crippen LogP contribution in [0.5, 0.6) is 0 Å².